The van der Waals surface area contributed by atoms with E-state index >= 15 is 0 Å². The van der Waals surface area contributed by atoms with E-state index in [1.165, 1.54) is 43.2 Å². The van der Waals surface area contributed by atoms with Crippen molar-refractivity contribution in [1.29, 1.82) is 0 Å². The zero-order valence-corrected chi connectivity index (χ0v) is 13.2. The fourth-order valence-corrected chi connectivity index (χ4v) is 2.94. The Kier molecular flexibility index (Phi) is 5.78. The summed E-state index contributed by atoms with van der Waals surface area (Å²) in [6.07, 6.45) is 13.1. The van der Waals surface area contributed by atoms with Gasteiger partial charge in [-0.15, -0.1) is 0 Å². The van der Waals surface area contributed by atoms with Gasteiger partial charge in [0.2, 0.25) is 0 Å². The molecule has 2 heteroatoms. The third-order valence-corrected chi connectivity index (χ3v) is 4.26. The van der Waals surface area contributed by atoms with Crippen LogP contribution in [0.5, 0.6) is 0 Å². The molecule has 2 rings (SSSR count). The number of hydrogen-bond donors (Lipinski definition) is 1. The van der Waals surface area contributed by atoms with Crippen molar-refractivity contribution in [2.24, 2.45) is 5.92 Å². The van der Waals surface area contributed by atoms with Crippen molar-refractivity contribution < 1.29 is 0 Å². The van der Waals surface area contributed by atoms with Crippen LogP contribution in [0.4, 0.5) is 0 Å². The molecule has 0 spiro atoms. The minimum absolute atomic E-state index is 0.539. The predicted octanol–water partition coefficient (Wildman–Crippen LogP) is 4.35. The van der Waals surface area contributed by atoms with Crippen molar-refractivity contribution in [2.75, 3.05) is 6.54 Å². The van der Waals surface area contributed by atoms with Gasteiger partial charge in [-0.1, -0.05) is 44.8 Å². The van der Waals surface area contributed by atoms with E-state index in [1.54, 1.807) is 5.57 Å². The highest BCUT2D eigenvalue weighted by molar-refractivity contribution is 5.56. The largest absolute Gasteiger partial charge is 0.311 e. The van der Waals surface area contributed by atoms with Crippen LogP contribution in [0.2, 0.25) is 0 Å². The van der Waals surface area contributed by atoms with Crippen molar-refractivity contribution in [3.63, 3.8) is 0 Å². The molecule has 2 nitrogen and oxygen atoms in total. The molecule has 1 saturated carbocycles. The van der Waals surface area contributed by atoms with Crippen LogP contribution in [0.25, 0.3) is 6.08 Å². The summed E-state index contributed by atoms with van der Waals surface area (Å²) in [5.74, 6) is 0.759. The van der Waals surface area contributed by atoms with E-state index in [2.05, 4.69) is 43.2 Å². The molecule has 1 aliphatic carbocycles. The lowest BCUT2D eigenvalue weighted by molar-refractivity contribution is 0.394. The van der Waals surface area contributed by atoms with Crippen LogP contribution in [0, 0.1) is 12.8 Å². The summed E-state index contributed by atoms with van der Waals surface area (Å²) < 4.78 is 0. The van der Waals surface area contributed by atoms with E-state index in [1.807, 2.05) is 12.4 Å². The SMILES string of the molecule is Cc1ccncc1/C=C(/CNC(C)C)C1CCCCC1. The lowest BCUT2D eigenvalue weighted by Crippen LogP contribution is -2.28. The smallest absolute Gasteiger partial charge is 0.0342 e. The maximum atomic E-state index is 4.27. The van der Waals surface area contributed by atoms with Gasteiger partial charge in [-0.05, 0) is 42.9 Å². The number of nitrogens with zero attached hydrogens (tertiary/aromatic N) is 1. The summed E-state index contributed by atoms with van der Waals surface area (Å²) in [6.45, 7) is 7.61. The zero-order chi connectivity index (χ0) is 14.4. The van der Waals surface area contributed by atoms with Gasteiger partial charge in [-0.3, -0.25) is 4.98 Å². The third-order valence-electron chi connectivity index (χ3n) is 4.26. The molecular formula is C18H28N2. The van der Waals surface area contributed by atoms with E-state index in [9.17, 15) is 0 Å². The van der Waals surface area contributed by atoms with Crippen LogP contribution in [0.3, 0.4) is 0 Å². The maximum absolute atomic E-state index is 4.27. The summed E-state index contributed by atoms with van der Waals surface area (Å²) in [6, 6.07) is 2.64. The second-order valence-corrected chi connectivity index (χ2v) is 6.32. The lowest BCUT2D eigenvalue weighted by atomic mass is 9.82. The summed E-state index contributed by atoms with van der Waals surface area (Å²) in [5.41, 5.74) is 4.16. The number of nitrogens with one attached hydrogen (secondary N) is 1. The highest BCUT2D eigenvalue weighted by Crippen LogP contribution is 2.30. The van der Waals surface area contributed by atoms with Gasteiger partial charge in [0.25, 0.3) is 0 Å². The van der Waals surface area contributed by atoms with Gasteiger partial charge in [0.05, 0.1) is 0 Å². The van der Waals surface area contributed by atoms with Crippen molar-refractivity contribution in [3.05, 3.63) is 35.2 Å². The predicted molar refractivity (Wildman–Crippen MR) is 86.7 cm³/mol. The van der Waals surface area contributed by atoms with Crippen LogP contribution in [-0.4, -0.2) is 17.6 Å². The quantitative estimate of drug-likeness (QED) is 0.862. The Hall–Kier alpha value is -1.15. The Balaban J connectivity index is 2.18. The van der Waals surface area contributed by atoms with Crippen molar-refractivity contribution in [1.82, 2.24) is 10.3 Å². The van der Waals surface area contributed by atoms with Crippen molar-refractivity contribution in [3.8, 4) is 0 Å². The van der Waals surface area contributed by atoms with Gasteiger partial charge in [-0.2, -0.15) is 0 Å². The Bertz CT molecular complexity index is 442. The number of rotatable bonds is 5. The minimum Gasteiger partial charge on any atom is -0.311 e. The molecule has 0 amide bonds. The molecule has 1 aromatic rings. The fourth-order valence-electron chi connectivity index (χ4n) is 2.94. The molecule has 0 aliphatic heterocycles. The van der Waals surface area contributed by atoms with Gasteiger partial charge < -0.3 is 5.32 Å². The highest BCUT2D eigenvalue weighted by atomic mass is 14.9. The van der Waals surface area contributed by atoms with E-state index in [-0.39, 0.29) is 0 Å². The molecule has 0 atom stereocenters. The second-order valence-electron chi connectivity index (χ2n) is 6.32. The van der Waals surface area contributed by atoms with E-state index in [4.69, 9.17) is 0 Å². The first-order chi connectivity index (χ1) is 9.66. The van der Waals surface area contributed by atoms with E-state index < -0.39 is 0 Å². The topological polar surface area (TPSA) is 24.9 Å². The van der Waals surface area contributed by atoms with Crippen LogP contribution in [0.1, 0.15) is 57.1 Å². The minimum atomic E-state index is 0.539. The van der Waals surface area contributed by atoms with Crippen LogP contribution in [-0.2, 0) is 0 Å². The Labute approximate surface area is 123 Å². The second kappa shape index (κ2) is 7.58. The molecule has 0 aromatic carbocycles. The summed E-state index contributed by atoms with van der Waals surface area (Å²) in [7, 11) is 0. The first-order valence-electron chi connectivity index (χ1n) is 8.01. The third kappa shape index (κ3) is 4.45. The molecule has 0 unspecified atom stereocenters. The molecule has 20 heavy (non-hydrogen) atoms. The normalized spacial score (nSPS) is 17.7. The number of hydrogen-bond acceptors (Lipinski definition) is 2. The van der Waals surface area contributed by atoms with E-state index in [0.717, 1.165) is 12.5 Å². The molecule has 1 heterocycles. The van der Waals surface area contributed by atoms with Gasteiger partial charge >= 0.3 is 0 Å². The number of pyridine rings is 1. The summed E-state index contributed by atoms with van der Waals surface area (Å²) in [4.78, 5) is 4.27. The first kappa shape index (κ1) is 15.2. The molecule has 110 valence electrons. The monoisotopic (exact) mass is 272 g/mol. The maximum Gasteiger partial charge on any atom is 0.0342 e. The lowest BCUT2D eigenvalue weighted by Gasteiger charge is -2.26. The Morgan fingerprint density at radius 2 is 2.10 bits per heavy atom. The standard InChI is InChI=1S/C18H28N2/c1-14(2)20-13-18(16-7-5-4-6-8-16)11-17-12-19-10-9-15(17)3/h9-12,14,16,20H,4-8,13H2,1-3H3/b18-11-. The average molecular weight is 272 g/mol. The fraction of sp³-hybridized carbons (Fsp3) is 0.611. The van der Waals surface area contributed by atoms with Crippen molar-refractivity contribution >= 4 is 6.08 Å². The van der Waals surface area contributed by atoms with Gasteiger partial charge in [0.1, 0.15) is 0 Å². The van der Waals surface area contributed by atoms with Crippen LogP contribution < -0.4 is 5.32 Å². The van der Waals surface area contributed by atoms with Gasteiger partial charge in [0.15, 0.2) is 0 Å². The molecule has 0 bridgehead atoms. The zero-order valence-electron chi connectivity index (χ0n) is 13.2. The Morgan fingerprint density at radius 3 is 2.75 bits per heavy atom. The molecule has 1 aliphatic rings. The first-order valence-corrected chi connectivity index (χ1v) is 8.01. The van der Waals surface area contributed by atoms with Gasteiger partial charge in [0, 0.05) is 25.0 Å². The summed E-state index contributed by atoms with van der Waals surface area (Å²) in [5, 5.41) is 3.59. The number of aryl methyl sites for hydroxylation is 1. The molecule has 1 aromatic heterocycles. The number of aromatic nitrogens is 1. The van der Waals surface area contributed by atoms with Crippen molar-refractivity contribution in [2.45, 2.75) is 58.9 Å². The highest BCUT2D eigenvalue weighted by Gasteiger charge is 2.18. The van der Waals surface area contributed by atoms with Crippen LogP contribution in [0.15, 0.2) is 24.0 Å². The van der Waals surface area contributed by atoms with Crippen LogP contribution >= 0.6 is 0 Å². The molecule has 0 saturated heterocycles. The molecular weight excluding hydrogens is 244 g/mol. The van der Waals surface area contributed by atoms with E-state index in [0.29, 0.717) is 6.04 Å². The Morgan fingerprint density at radius 1 is 1.35 bits per heavy atom. The van der Waals surface area contributed by atoms with Gasteiger partial charge in [-0.25, -0.2) is 0 Å². The average Bonchev–Trinajstić information content (AvgIpc) is 2.46. The molecule has 0 radical (unpaired) electrons. The molecule has 1 N–H and O–H groups in total. The summed E-state index contributed by atoms with van der Waals surface area (Å²) >= 11 is 0. The molecule has 1 fully saturated rings.